The van der Waals surface area contributed by atoms with Crippen LogP contribution in [0, 0.1) is 5.41 Å². The van der Waals surface area contributed by atoms with Gasteiger partial charge in [-0.25, -0.2) is 0 Å². The number of carbonyl (C=O) groups excluding carboxylic acids is 1. The molecular formula is C16H20ClN3OS. The topological polar surface area (TPSA) is 47.8 Å². The molecule has 0 aliphatic rings. The van der Waals surface area contributed by atoms with Gasteiger partial charge in [0.2, 0.25) is 0 Å². The van der Waals surface area contributed by atoms with Crippen LogP contribution in [0.25, 0.3) is 11.4 Å². The molecule has 0 amide bonds. The van der Waals surface area contributed by atoms with E-state index in [0.29, 0.717) is 10.8 Å². The van der Waals surface area contributed by atoms with E-state index in [-0.39, 0.29) is 11.2 Å². The molecule has 2 rings (SSSR count). The Kier molecular flexibility index (Phi) is 5.29. The van der Waals surface area contributed by atoms with Crippen LogP contribution < -0.4 is 0 Å². The third-order valence-electron chi connectivity index (χ3n) is 3.28. The molecule has 22 heavy (non-hydrogen) atoms. The maximum Gasteiger partial charge on any atom is 0.191 e. The van der Waals surface area contributed by atoms with Crippen LogP contribution in [0.3, 0.4) is 0 Å². The summed E-state index contributed by atoms with van der Waals surface area (Å²) in [7, 11) is 0. The molecule has 1 aromatic heterocycles. The zero-order valence-corrected chi connectivity index (χ0v) is 14.8. The normalized spacial score (nSPS) is 11.7. The summed E-state index contributed by atoms with van der Waals surface area (Å²) in [6.45, 7) is 8.56. The third kappa shape index (κ3) is 3.90. The fourth-order valence-electron chi connectivity index (χ4n) is 1.87. The molecule has 0 saturated carbocycles. The van der Waals surface area contributed by atoms with Gasteiger partial charge in [0.25, 0.3) is 0 Å². The van der Waals surface area contributed by atoms with Crippen molar-refractivity contribution in [3.05, 3.63) is 29.3 Å². The SMILES string of the molecule is CCn1c(SCC(=O)C(C)(C)C)nnc1-c1cccc(Cl)c1. The van der Waals surface area contributed by atoms with Crippen LogP contribution in [0.5, 0.6) is 0 Å². The highest BCUT2D eigenvalue weighted by Crippen LogP contribution is 2.27. The summed E-state index contributed by atoms with van der Waals surface area (Å²) >= 11 is 7.48. The van der Waals surface area contributed by atoms with Crippen molar-refractivity contribution >= 4 is 29.1 Å². The van der Waals surface area contributed by atoms with Gasteiger partial charge in [0.1, 0.15) is 5.78 Å². The molecule has 1 heterocycles. The Labute approximate surface area is 140 Å². The third-order valence-corrected chi connectivity index (χ3v) is 4.49. The van der Waals surface area contributed by atoms with E-state index in [4.69, 9.17) is 11.6 Å². The number of rotatable bonds is 5. The van der Waals surface area contributed by atoms with Gasteiger partial charge in [0.15, 0.2) is 11.0 Å². The fraction of sp³-hybridized carbons (Fsp3) is 0.438. The molecule has 2 aromatic rings. The molecule has 0 aliphatic heterocycles. The Morgan fingerprint density at radius 3 is 2.64 bits per heavy atom. The Bertz CT molecular complexity index is 676. The lowest BCUT2D eigenvalue weighted by Gasteiger charge is -2.15. The van der Waals surface area contributed by atoms with Gasteiger partial charge in [-0.15, -0.1) is 10.2 Å². The van der Waals surface area contributed by atoms with E-state index < -0.39 is 0 Å². The summed E-state index contributed by atoms with van der Waals surface area (Å²) in [6.07, 6.45) is 0. The van der Waals surface area contributed by atoms with Crippen LogP contribution in [0.15, 0.2) is 29.4 Å². The Balaban J connectivity index is 2.23. The van der Waals surface area contributed by atoms with E-state index in [1.807, 2.05) is 56.5 Å². The Morgan fingerprint density at radius 1 is 1.32 bits per heavy atom. The summed E-state index contributed by atoms with van der Waals surface area (Å²) in [5.41, 5.74) is 0.593. The van der Waals surface area contributed by atoms with Gasteiger partial charge in [-0.1, -0.05) is 56.3 Å². The maximum atomic E-state index is 12.1. The lowest BCUT2D eigenvalue weighted by Crippen LogP contribution is -2.22. The summed E-state index contributed by atoms with van der Waals surface area (Å²) in [5, 5.41) is 9.91. The van der Waals surface area contributed by atoms with Crippen LogP contribution in [-0.2, 0) is 11.3 Å². The van der Waals surface area contributed by atoms with Gasteiger partial charge in [-0.2, -0.15) is 0 Å². The fourth-order valence-corrected chi connectivity index (χ4v) is 3.22. The summed E-state index contributed by atoms with van der Waals surface area (Å²) in [4.78, 5) is 12.1. The number of carbonyl (C=O) groups is 1. The van der Waals surface area contributed by atoms with E-state index in [0.717, 1.165) is 23.1 Å². The summed E-state index contributed by atoms with van der Waals surface area (Å²) < 4.78 is 2.01. The Hall–Kier alpha value is -1.33. The average Bonchev–Trinajstić information content (AvgIpc) is 2.86. The first-order valence-electron chi connectivity index (χ1n) is 7.18. The zero-order valence-electron chi connectivity index (χ0n) is 13.3. The number of thioether (sulfide) groups is 1. The van der Waals surface area contributed by atoms with Gasteiger partial charge in [0, 0.05) is 22.5 Å². The van der Waals surface area contributed by atoms with Crippen molar-refractivity contribution in [2.24, 2.45) is 5.41 Å². The van der Waals surface area contributed by atoms with Crippen molar-refractivity contribution < 1.29 is 4.79 Å². The standard InChI is InChI=1S/C16H20ClN3OS/c1-5-20-14(11-7-6-8-12(17)9-11)18-19-15(20)22-10-13(21)16(2,3)4/h6-9H,5,10H2,1-4H3. The number of Topliss-reactive ketones (excluding diaryl/α,β-unsaturated/α-hetero) is 1. The van der Waals surface area contributed by atoms with Gasteiger partial charge < -0.3 is 4.57 Å². The number of hydrogen-bond acceptors (Lipinski definition) is 4. The second kappa shape index (κ2) is 6.84. The maximum absolute atomic E-state index is 12.1. The lowest BCUT2D eigenvalue weighted by molar-refractivity contribution is -0.123. The molecule has 0 aliphatic carbocycles. The van der Waals surface area contributed by atoms with Crippen LogP contribution in [0.1, 0.15) is 27.7 Å². The van der Waals surface area contributed by atoms with Crippen molar-refractivity contribution in [1.82, 2.24) is 14.8 Å². The molecule has 0 unspecified atom stereocenters. The Morgan fingerprint density at radius 2 is 2.05 bits per heavy atom. The first-order valence-corrected chi connectivity index (χ1v) is 8.54. The smallest absolute Gasteiger partial charge is 0.191 e. The molecule has 0 spiro atoms. The molecule has 1 aromatic carbocycles. The van der Waals surface area contributed by atoms with Crippen molar-refractivity contribution in [3.63, 3.8) is 0 Å². The minimum atomic E-state index is -0.333. The second-order valence-corrected chi connectivity index (χ2v) is 7.40. The number of nitrogens with zero attached hydrogens (tertiary/aromatic N) is 3. The number of hydrogen-bond donors (Lipinski definition) is 0. The molecule has 0 fully saturated rings. The molecule has 0 radical (unpaired) electrons. The summed E-state index contributed by atoms with van der Waals surface area (Å²) in [6, 6.07) is 7.54. The minimum absolute atomic E-state index is 0.201. The summed E-state index contributed by atoms with van der Waals surface area (Å²) in [5.74, 6) is 1.38. The highest BCUT2D eigenvalue weighted by molar-refractivity contribution is 7.99. The van der Waals surface area contributed by atoms with Crippen LogP contribution in [0.2, 0.25) is 5.02 Å². The van der Waals surface area contributed by atoms with Crippen LogP contribution in [0.4, 0.5) is 0 Å². The zero-order chi connectivity index (χ0) is 16.3. The monoisotopic (exact) mass is 337 g/mol. The lowest BCUT2D eigenvalue weighted by atomic mass is 9.92. The molecule has 6 heteroatoms. The van der Waals surface area contributed by atoms with Crippen LogP contribution >= 0.6 is 23.4 Å². The molecular weight excluding hydrogens is 318 g/mol. The van der Waals surface area contributed by atoms with Crippen LogP contribution in [-0.4, -0.2) is 26.3 Å². The minimum Gasteiger partial charge on any atom is -0.302 e. The van der Waals surface area contributed by atoms with E-state index in [1.54, 1.807) is 0 Å². The largest absolute Gasteiger partial charge is 0.302 e. The first-order chi connectivity index (χ1) is 10.3. The predicted molar refractivity (Wildman–Crippen MR) is 91.3 cm³/mol. The number of ketones is 1. The molecule has 0 atom stereocenters. The molecule has 0 bridgehead atoms. The van der Waals surface area contributed by atoms with Gasteiger partial charge in [0.05, 0.1) is 5.75 Å². The van der Waals surface area contributed by atoms with Gasteiger partial charge in [-0.3, -0.25) is 4.79 Å². The quantitative estimate of drug-likeness (QED) is 0.762. The number of benzene rings is 1. The number of halogens is 1. The van der Waals surface area contributed by atoms with E-state index in [2.05, 4.69) is 10.2 Å². The molecule has 0 N–H and O–H groups in total. The van der Waals surface area contributed by atoms with E-state index in [1.165, 1.54) is 11.8 Å². The second-order valence-electron chi connectivity index (χ2n) is 6.02. The van der Waals surface area contributed by atoms with Gasteiger partial charge >= 0.3 is 0 Å². The van der Waals surface area contributed by atoms with E-state index >= 15 is 0 Å². The van der Waals surface area contributed by atoms with Gasteiger partial charge in [-0.05, 0) is 19.1 Å². The van der Waals surface area contributed by atoms with Crippen molar-refractivity contribution in [2.45, 2.75) is 39.4 Å². The predicted octanol–water partition coefficient (Wildman–Crippen LogP) is 4.33. The number of aromatic nitrogens is 3. The van der Waals surface area contributed by atoms with Crippen molar-refractivity contribution in [3.8, 4) is 11.4 Å². The van der Waals surface area contributed by atoms with Crippen molar-refractivity contribution in [2.75, 3.05) is 5.75 Å². The van der Waals surface area contributed by atoms with Crippen molar-refractivity contribution in [1.29, 1.82) is 0 Å². The average molecular weight is 338 g/mol. The molecule has 4 nitrogen and oxygen atoms in total. The highest BCUT2D eigenvalue weighted by Gasteiger charge is 2.22. The van der Waals surface area contributed by atoms with E-state index in [9.17, 15) is 4.79 Å². The highest BCUT2D eigenvalue weighted by atomic mass is 35.5. The molecule has 0 saturated heterocycles. The first kappa shape index (κ1) is 17.0. The molecule has 118 valence electrons.